The highest BCUT2D eigenvalue weighted by Crippen LogP contribution is 2.37. The normalized spacial score (nSPS) is 17.3. The molecule has 2 aliphatic heterocycles. The predicted octanol–water partition coefficient (Wildman–Crippen LogP) is 3.90. The molecule has 0 unspecified atom stereocenters. The molecule has 2 aliphatic rings. The van der Waals surface area contributed by atoms with E-state index >= 15 is 0 Å². The lowest BCUT2D eigenvalue weighted by atomic mass is 10.1. The standard InChI is InChI=1S/C23H27ClN6O2.ClH/c1-15-25-22(29-11-9-28(10-12-29)16(2)31)20-23(26-15)30(17-7-13-32-14-8-17)21(27-20)18-5-3-4-6-19(18)24;/h3-6,17H,7-14H2,1-2H3;1H. The number of rotatable bonds is 3. The van der Waals surface area contributed by atoms with Crippen LogP contribution in [0.2, 0.25) is 5.02 Å². The number of nitrogens with zero attached hydrogens (tertiary/aromatic N) is 6. The molecule has 1 aromatic carbocycles. The number of anilines is 1. The lowest BCUT2D eigenvalue weighted by Gasteiger charge is -2.35. The number of carbonyl (C=O) groups is 1. The highest BCUT2D eigenvalue weighted by atomic mass is 35.5. The molecule has 0 radical (unpaired) electrons. The number of aryl methyl sites for hydroxylation is 1. The van der Waals surface area contributed by atoms with Crippen LogP contribution in [0.1, 0.15) is 31.6 Å². The number of imidazole rings is 1. The minimum Gasteiger partial charge on any atom is -0.381 e. The topological polar surface area (TPSA) is 76.4 Å². The summed E-state index contributed by atoms with van der Waals surface area (Å²) in [5.41, 5.74) is 2.51. The average Bonchev–Trinajstić information content (AvgIpc) is 3.18. The summed E-state index contributed by atoms with van der Waals surface area (Å²) in [6, 6.07) is 8.04. The van der Waals surface area contributed by atoms with Crippen LogP contribution < -0.4 is 4.90 Å². The van der Waals surface area contributed by atoms with Crippen LogP contribution in [0.4, 0.5) is 5.82 Å². The van der Waals surface area contributed by atoms with Gasteiger partial charge in [0, 0.05) is 57.9 Å². The van der Waals surface area contributed by atoms with E-state index in [9.17, 15) is 4.79 Å². The first kappa shape index (κ1) is 23.7. The van der Waals surface area contributed by atoms with Gasteiger partial charge in [-0.2, -0.15) is 0 Å². The summed E-state index contributed by atoms with van der Waals surface area (Å²) >= 11 is 6.60. The second-order valence-corrected chi connectivity index (χ2v) is 8.80. The zero-order chi connectivity index (χ0) is 22.2. The summed E-state index contributed by atoms with van der Waals surface area (Å²) in [4.78, 5) is 30.6. The van der Waals surface area contributed by atoms with Gasteiger partial charge in [-0.05, 0) is 31.9 Å². The van der Waals surface area contributed by atoms with Crippen molar-refractivity contribution >= 4 is 46.9 Å². The van der Waals surface area contributed by atoms with E-state index in [1.54, 1.807) is 6.92 Å². The van der Waals surface area contributed by atoms with Crippen LogP contribution in [-0.2, 0) is 9.53 Å². The van der Waals surface area contributed by atoms with Crippen molar-refractivity contribution in [3.63, 3.8) is 0 Å². The fourth-order valence-electron chi connectivity index (χ4n) is 4.64. The molecule has 2 aromatic heterocycles. The molecule has 176 valence electrons. The number of aromatic nitrogens is 4. The maximum Gasteiger partial charge on any atom is 0.219 e. The monoisotopic (exact) mass is 490 g/mol. The molecule has 8 nitrogen and oxygen atoms in total. The number of carbonyl (C=O) groups excluding carboxylic acids is 1. The number of hydrogen-bond donors (Lipinski definition) is 0. The van der Waals surface area contributed by atoms with Crippen LogP contribution in [0.3, 0.4) is 0 Å². The van der Waals surface area contributed by atoms with Crippen molar-refractivity contribution in [3.8, 4) is 11.4 Å². The van der Waals surface area contributed by atoms with Crippen molar-refractivity contribution in [2.45, 2.75) is 32.7 Å². The van der Waals surface area contributed by atoms with Crippen molar-refractivity contribution in [1.29, 1.82) is 0 Å². The smallest absolute Gasteiger partial charge is 0.219 e. The highest BCUT2D eigenvalue weighted by molar-refractivity contribution is 6.33. The number of amides is 1. The Morgan fingerprint density at radius 1 is 1.06 bits per heavy atom. The van der Waals surface area contributed by atoms with Crippen molar-refractivity contribution < 1.29 is 9.53 Å². The summed E-state index contributed by atoms with van der Waals surface area (Å²) in [5, 5.41) is 0.664. The third kappa shape index (κ3) is 4.52. The molecule has 2 saturated heterocycles. The lowest BCUT2D eigenvalue weighted by Crippen LogP contribution is -2.48. The minimum absolute atomic E-state index is 0. The molecule has 2 fully saturated rings. The molecule has 3 aromatic rings. The number of fused-ring (bicyclic) bond motifs is 1. The Labute approximate surface area is 204 Å². The van der Waals surface area contributed by atoms with Crippen LogP contribution in [0.25, 0.3) is 22.6 Å². The molecule has 0 saturated carbocycles. The zero-order valence-corrected chi connectivity index (χ0v) is 20.4. The van der Waals surface area contributed by atoms with E-state index < -0.39 is 0 Å². The first-order chi connectivity index (χ1) is 15.5. The van der Waals surface area contributed by atoms with Gasteiger partial charge in [0.1, 0.15) is 11.6 Å². The molecular weight excluding hydrogens is 463 g/mol. The van der Waals surface area contributed by atoms with Crippen molar-refractivity contribution in [3.05, 3.63) is 35.1 Å². The maximum absolute atomic E-state index is 11.8. The van der Waals surface area contributed by atoms with Gasteiger partial charge in [-0.15, -0.1) is 12.4 Å². The number of ether oxygens (including phenoxy) is 1. The zero-order valence-electron chi connectivity index (χ0n) is 18.8. The number of halogens is 2. The van der Waals surface area contributed by atoms with E-state index in [1.807, 2.05) is 36.1 Å². The van der Waals surface area contributed by atoms with E-state index in [1.165, 1.54) is 0 Å². The Morgan fingerprint density at radius 3 is 2.42 bits per heavy atom. The Balaban J connectivity index is 0.00000259. The Hall–Kier alpha value is -2.42. The van der Waals surface area contributed by atoms with Gasteiger partial charge in [-0.3, -0.25) is 4.79 Å². The van der Waals surface area contributed by atoms with E-state index in [-0.39, 0.29) is 24.4 Å². The van der Waals surface area contributed by atoms with Crippen LogP contribution in [0.15, 0.2) is 24.3 Å². The molecule has 5 rings (SSSR count). The van der Waals surface area contributed by atoms with Crippen LogP contribution >= 0.6 is 24.0 Å². The van der Waals surface area contributed by atoms with Crippen molar-refractivity contribution in [2.24, 2.45) is 0 Å². The molecule has 10 heteroatoms. The molecule has 33 heavy (non-hydrogen) atoms. The molecule has 0 spiro atoms. The van der Waals surface area contributed by atoms with Crippen LogP contribution in [-0.4, -0.2) is 69.7 Å². The lowest BCUT2D eigenvalue weighted by molar-refractivity contribution is -0.129. The summed E-state index contributed by atoms with van der Waals surface area (Å²) < 4.78 is 7.86. The quantitative estimate of drug-likeness (QED) is 0.553. The summed E-state index contributed by atoms with van der Waals surface area (Å²) in [7, 11) is 0. The third-order valence-corrected chi connectivity index (χ3v) is 6.66. The summed E-state index contributed by atoms with van der Waals surface area (Å²) in [5.74, 6) is 2.47. The fraction of sp³-hybridized carbons (Fsp3) is 0.478. The molecule has 0 atom stereocenters. The van der Waals surface area contributed by atoms with Crippen LogP contribution in [0.5, 0.6) is 0 Å². The first-order valence-corrected chi connectivity index (χ1v) is 11.5. The van der Waals surface area contributed by atoms with E-state index in [2.05, 4.69) is 9.47 Å². The van der Waals surface area contributed by atoms with Gasteiger partial charge in [0.2, 0.25) is 5.91 Å². The van der Waals surface area contributed by atoms with E-state index in [0.717, 1.165) is 67.5 Å². The minimum atomic E-state index is 0. The van der Waals surface area contributed by atoms with Gasteiger partial charge >= 0.3 is 0 Å². The van der Waals surface area contributed by atoms with Gasteiger partial charge in [-0.25, -0.2) is 15.0 Å². The molecule has 0 aliphatic carbocycles. The van der Waals surface area contributed by atoms with Gasteiger partial charge in [0.25, 0.3) is 0 Å². The molecule has 0 bridgehead atoms. The van der Waals surface area contributed by atoms with Crippen molar-refractivity contribution in [2.75, 3.05) is 44.3 Å². The third-order valence-electron chi connectivity index (χ3n) is 6.33. The Bertz CT molecular complexity index is 1150. The number of hydrogen-bond acceptors (Lipinski definition) is 6. The second-order valence-electron chi connectivity index (χ2n) is 8.39. The summed E-state index contributed by atoms with van der Waals surface area (Å²) in [6.07, 6.45) is 1.80. The van der Waals surface area contributed by atoms with Gasteiger partial charge in [0.15, 0.2) is 17.0 Å². The molecular formula is C23H28Cl2N6O2. The number of benzene rings is 1. The molecule has 4 heterocycles. The highest BCUT2D eigenvalue weighted by Gasteiger charge is 2.29. The Kier molecular flexibility index (Phi) is 7.07. The first-order valence-electron chi connectivity index (χ1n) is 11.1. The van der Waals surface area contributed by atoms with Gasteiger partial charge in [-0.1, -0.05) is 23.7 Å². The largest absolute Gasteiger partial charge is 0.381 e. The molecule has 1 amide bonds. The van der Waals surface area contributed by atoms with E-state index in [4.69, 9.17) is 31.3 Å². The Morgan fingerprint density at radius 2 is 1.76 bits per heavy atom. The van der Waals surface area contributed by atoms with E-state index in [0.29, 0.717) is 23.9 Å². The maximum atomic E-state index is 11.8. The van der Waals surface area contributed by atoms with Crippen LogP contribution in [0, 0.1) is 6.92 Å². The predicted molar refractivity (Wildman–Crippen MR) is 131 cm³/mol. The summed E-state index contributed by atoms with van der Waals surface area (Å²) in [6.45, 7) is 7.77. The average molecular weight is 491 g/mol. The SMILES string of the molecule is CC(=O)N1CCN(c2nc(C)nc3c2nc(-c2ccccc2Cl)n3C2CCOCC2)CC1.Cl. The fourth-order valence-corrected chi connectivity index (χ4v) is 4.86. The van der Waals surface area contributed by atoms with Gasteiger partial charge in [0.05, 0.1) is 5.02 Å². The number of piperazine rings is 1. The van der Waals surface area contributed by atoms with Gasteiger partial charge < -0.3 is 19.1 Å². The van der Waals surface area contributed by atoms with Crippen molar-refractivity contribution in [1.82, 2.24) is 24.4 Å². The molecule has 0 N–H and O–H groups in total. The second kappa shape index (κ2) is 9.83.